The summed E-state index contributed by atoms with van der Waals surface area (Å²) in [5.41, 5.74) is 4.22. The van der Waals surface area contributed by atoms with E-state index in [4.69, 9.17) is 0 Å². The number of alkyl carbamates (subject to hydrolysis) is 1. The zero-order valence-electron chi connectivity index (χ0n) is 14.1. The van der Waals surface area contributed by atoms with E-state index in [2.05, 4.69) is 43.8 Å². The molecule has 0 bridgehead atoms. The van der Waals surface area contributed by atoms with Gasteiger partial charge in [0.1, 0.15) is 0 Å². The number of benzene rings is 1. The molecule has 0 saturated carbocycles. The summed E-state index contributed by atoms with van der Waals surface area (Å²) in [6.07, 6.45) is 0.311. The molecule has 0 atom stereocenters. The van der Waals surface area contributed by atoms with Crippen LogP contribution in [0, 0.1) is 13.8 Å². The molecule has 24 heavy (non-hydrogen) atoms. The average molecular weight is 330 g/mol. The van der Waals surface area contributed by atoms with Gasteiger partial charge in [-0.25, -0.2) is 4.79 Å². The molecule has 2 rings (SSSR count). The van der Waals surface area contributed by atoms with Crippen molar-refractivity contribution >= 4 is 17.8 Å². The third-order valence-corrected chi connectivity index (χ3v) is 3.41. The van der Waals surface area contributed by atoms with Crippen LogP contribution in [0.4, 0.5) is 10.6 Å². The van der Waals surface area contributed by atoms with Gasteiger partial charge in [-0.3, -0.25) is 9.89 Å². The number of methoxy groups -OCH3 is 1. The van der Waals surface area contributed by atoms with Crippen molar-refractivity contribution < 1.29 is 14.3 Å². The number of rotatable bonds is 6. The van der Waals surface area contributed by atoms with E-state index in [1.165, 1.54) is 18.2 Å². The van der Waals surface area contributed by atoms with Crippen LogP contribution < -0.4 is 10.6 Å². The van der Waals surface area contributed by atoms with Crippen LogP contribution >= 0.6 is 0 Å². The Hall–Kier alpha value is -2.83. The molecule has 0 saturated heterocycles. The molecule has 0 aliphatic rings. The van der Waals surface area contributed by atoms with Crippen molar-refractivity contribution in [2.24, 2.45) is 0 Å². The molecule has 1 heterocycles. The summed E-state index contributed by atoms with van der Waals surface area (Å²) in [4.78, 5) is 22.8. The summed E-state index contributed by atoms with van der Waals surface area (Å²) in [6.45, 7) is 4.46. The Morgan fingerprint density at radius 2 is 1.88 bits per heavy atom. The second-order valence-corrected chi connectivity index (χ2v) is 5.61. The molecule has 7 heteroatoms. The van der Waals surface area contributed by atoms with E-state index in [1.807, 2.05) is 13.8 Å². The minimum absolute atomic E-state index is 0.153. The standard InChI is InChI=1S/C17H22N4O3/c1-11-7-12(2)9-13(8-11)14-10-15(21-20-14)19-16(22)5-4-6-18-17(23)24-3/h7-10H,4-6H2,1-3H3,(H,18,23)(H2,19,20,21,22). The Balaban J connectivity index is 1.87. The molecule has 2 amide bonds. The third kappa shape index (κ3) is 5.12. The van der Waals surface area contributed by atoms with Gasteiger partial charge in [-0.2, -0.15) is 5.10 Å². The van der Waals surface area contributed by atoms with E-state index in [9.17, 15) is 9.59 Å². The minimum Gasteiger partial charge on any atom is -0.453 e. The number of H-pyrrole nitrogens is 1. The maximum Gasteiger partial charge on any atom is 0.406 e. The van der Waals surface area contributed by atoms with Crippen LogP contribution in [0.3, 0.4) is 0 Å². The number of carbonyl (C=O) groups excluding carboxylic acids is 2. The van der Waals surface area contributed by atoms with Gasteiger partial charge >= 0.3 is 6.09 Å². The Bertz CT molecular complexity index is 704. The molecule has 0 radical (unpaired) electrons. The van der Waals surface area contributed by atoms with Crippen molar-refractivity contribution in [1.82, 2.24) is 15.5 Å². The van der Waals surface area contributed by atoms with Crippen molar-refractivity contribution in [2.75, 3.05) is 19.0 Å². The number of nitrogens with zero attached hydrogens (tertiary/aromatic N) is 1. The molecule has 0 unspecified atom stereocenters. The highest BCUT2D eigenvalue weighted by molar-refractivity contribution is 5.90. The number of aromatic nitrogens is 2. The fourth-order valence-corrected chi connectivity index (χ4v) is 2.38. The normalized spacial score (nSPS) is 10.3. The summed E-state index contributed by atoms with van der Waals surface area (Å²) < 4.78 is 4.45. The Morgan fingerprint density at radius 3 is 2.54 bits per heavy atom. The molecule has 128 valence electrons. The number of aromatic amines is 1. The Morgan fingerprint density at radius 1 is 1.17 bits per heavy atom. The highest BCUT2D eigenvalue weighted by Crippen LogP contribution is 2.22. The first-order chi connectivity index (χ1) is 11.5. The number of hydrogen-bond donors (Lipinski definition) is 3. The largest absolute Gasteiger partial charge is 0.453 e. The number of aryl methyl sites for hydroxylation is 2. The van der Waals surface area contributed by atoms with E-state index < -0.39 is 6.09 Å². The third-order valence-electron chi connectivity index (χ3n) is 3.41. The average Bonchev–Trinajstić information content (AvgIpc) is 2.98. The lowest BCUT2D eigenvalue weighted by atomic mass is 10.1. The van der Waals surface area contributed by atoms with Crippen molar-refractivity contribution in [2.45, 2.75) is 26.7 Å². The number of amides is 2. The molecular formula is C17H22N4O3. The van der Waals surface area contributed by atoms with Crippen LogP contribution in [0.2, 0.25) is 0 Å². The zero-order valence-corrected chi connectivity index (χ0v) is 14.1. The molecular weight excluding hydrogens is 308 g/mol. The van der Waals surface area contributed by atoms with Crippen LogP contribution in [-0.2, 0) is 9.53 Å². The van der Waals surface area contributed by atoms with Crippen molar-refractivity contribution in [1.29, 1.82) is 0 Å². The van der Waals surface area contributed by atoms with Crippen LogP contribution in [0.15, 0.2) is 24.3 Å². The molecule has 1 aromatic heterocycles. The van der Waals surface area contributed by atoms with Gasteiger partial charge in [0.05, 0.1) is 12.8 Å². The highest BCUT2D eigenvalue weighted by Gasteiger charge is 2.08. The molecule has 0 fully saturated rings. The topological polar surface area (TPSA) is 96.1 Å². The van der Waals surface area contributed by atoms with E-state index in [0.29, 0.717) is 18.8 Å². The molecule has 7 nitrogen and oxygen atoms in total. The van der Waals surface area contributed by atoms with Gasteiger partial charge in [-0.05, 0) is 32.4 Å². The van der Waals surface area contributed by atoms with Gasteiger partial charge in [-0.15, -0.1) is 0 Å². The van der Waals surface area contributed by atoms with Crippen molar-refractivity contribution in [3.05, 3.63) is 35.4 Å². The first-order valence-electron chi connectivity index (χ1n) is 7.73. The lowest BCUT2D eigenvalue weighted by molar-refractivity contribution is -0.116. The van der Waals surface area contributed by atoms with E-state index in [1.54, 1.807) is 6.07 Å². The monoisotopic (exact) mass is 330 g/mol. The SMILES string of the molecule is COC(=O)NCCCC(=O)Nc1cc(-c2cc(C)cc(C)c2)[nH]n1. The predicted octanol–water partition coefficient (Wildman–Crippen LogP) is 2.77. The van der Waals surface area contributed by atoms with Crippen LogP contribution in [0.25, 0.3) is 11.3 Å². The summed E-state index contributed by atoms with van der Waals surface area (Å²) in [6, 6.07) is 8.03. The van der Waals surface area contributed by atoms with Crippen molar-refractivity contribution in [3.8, 4) is 11.3 Å². The smallest absolute Gasteiger partial charge is 0.406 e. The molecule has 3 N–H and O–H groups in total. The summed E-state index contributed by atoms with van der Waals surface area (Å²) in [7, 11) is 1.30. The second kappa shape index (κ2) is 8.14. The maximum absolute atomic E-state index is 11.9. The van der Waals surface area contributed by atoms with Crippen LogP contribution in [0.5, 0.6) is 0 Å². The van der Waals surface area contributed by atoms with Crippen LogP contribution in [0.1, 0.15) is 24.0 Å². The van der Waals surface area contributed by atoms with Gasteiger partial charge in [0.15, 0.2) is 5.82 Å². The van der Waals surface area contributed by atoms with E-state index >= 15 is 0 Å². The summed E-state index contributed by atoms with van der Waals surface area (Å²) in [5.74, 6) is 0.329. The van der Waals surface area contributed by atoms with Gasteiger partial charge in [0.2, 0.25) is 5.91 Å². The fraction of sp³-hybridized carbons (Fsp3) is 0.353. The predicted molar refractivity (Wildman–Crippen MR) is 91.8 cm³/mol. The van der Waals surface area contributed by atoms with Crippen molar-refractivity contribution in [3.63, 3.8) is 0 Å². The number of anilines is 1. The fourth-order valence-electron chi connectivity index (χ4n) is 2.38. The number of carbonyl (C=O) groups is 2. The quantitative estimate of drug-likeness (QED) is 0.710. The molecule has 0 aliphatic carbocycles. The van der Waals surface area contributed by atoms with Crippen LogP contribution in [-0.4, -0.2) is 35.9 Å². The number of nitrogens with one attached hydrogen (secondary N) is 3. The zero-order chi connectivity index (χ0) is 17.5. The lowest BCUT2D eigenvalue weighted by Crippen LogP contribution is -2.25. The summed E-state index contributed by atoms with van der Waals surface area (Å²) in [5, 5.41) is 12.3. The van der Waals surface area contributed by atoms with Gasteiger partial charge in [0, 0.05) is 24.6 Å². The lowest BCUT2D eigenvalue weighted by Gasteiger charge is -2.03. The molecule has 0 spiro atoms. The second-order valence-electron chi connectivity index (χ2n) is 5.61. The maximum atomic E-state index is 11.9. The highest BCUT2D eigenvalue weighted by atomic mass is 16.5. The number of ether oxygens (including phenoxy) is 1. The van der Waals surface area contributed by atoms with Gasteiger partial charge < -0.3 is 15.4 Å². The van der Waals surface area contributed by atoms with Gasteiger partial charge in [0.25, 0.3) is 0 Å². The van der Waals surface area contributed by atoms with E-state index in [-0.39, 0.29) is 12.3 Å². The first-order valence-corrected chi connectivity index (χ1v) is 7.73. The minimum atomic E-state index is -0.499. The Labute approximate surface area is 140 Å². The number of hydrogen-bond acceptors (Lipinski definition) is 4. The molecule has 0 aliphatic heterocycles. The van der Waals surface area contributed by atoms with Gasteiger partial charge in [-0.1, -0.05) is 17.2 Å². The summed E-state index contributed by atoms with van der Waals surface area (Å²) >= 11 is 0. The Kier molecular flexibility index (Phi) is 5.95. The molecule has 2 aromatic rings. The molecule has 1 aromatic carbocycles. The van der Waals surface area contributed by atoms with E-state index in [0.717, 1.165) is 11.3 Å². The first kappa shape index (κ1) is 17.5.